The standard InChI is InChI=1S/C10H13F3N2/c11-10(12,13)7-4-8-15(14)9-5-2-1-3-6-9/h1-3,5-6H,4,7-8,14H2. The van der Waals surface area contributed by atoms with E-state index in [2.05, 4.69) is 0 Å². The Morgan fingerprint density at radius 1 is 1.13 bits per heavy atom. The lowest BCUT2D eigenvalue weighted by Crippen LogP contribution is -2.32. The van der Waals surface area contributed by atoms with Gasteiger partial charge in [-0.05, 0) is 18.6 Å². The summed E-state index contributed by atoms with van der Waals surface area (Å²) in [5.41, 5.74) is 0.722. The number of benzene rings is 1. The van der Waals surface area contributed by atoms with Gasteiger partial charge in [0.05, 0.1) is 5.69 Å². The van der Waals surface area contributed by atoms with Crippen molar-refractivity contribution in [2.45, 2.75) is 19.0 Å². The summed E-state index contributed by atoms with van der Waals surface area (Å²) in [6.07, 6.45) is -4.89. The minimum atomic E-state index is -4.10. The Morgan fingerprint density at radius 3 is 2.27 bits per heavy atom. The number of rotatable bonds is 4. The van der Waals surface area contributed by atoms with Crippen LogP contribution in [0.2, 0.25) is 0 Å². The van der Waals surface area contributed by atoms with Crippen molar-refractivity contribution < 1.29 is 13.2 Å². The van der Waals surface area contributed by atoms with Crippen molar-refractivity contribution in [3.05, 3.63) is 30.3 Å². The molecule has 0 fully saturated rings. The van der Waals surface area contributed by atoms with E-state index >= 15 is 0 Å². The van der Waals surface area contributed by atoms with Gasteiger partial charge in [-0.15, -0.1) is 0 Å². The quantitative estimate of drug-likeness (QED) is 0.622. The highest BCUT2D eigenvalue weighted by Gasteiger charge is 2.26. The molecule has 0 aliphatic heterocycles. The average Bonchev–Trinajstić information content (AvgIpc) is 2.17. The van der Waals surface area contributed by atoms with Gasteiger partial charge in [0.1, 0.15) is 0 Å². The second kappa shape index (κ2) is 5.02. The zero-order valence-electron chi connectivity index (χ0n) is 8.17. The molecular formula is C10H13F3N2. The van der Waals surface area contributed by atoms with Crippen LogP contribution in [0.25, 0.3) is 0 Å². The van der Waals surface area contributed by atoms with Crippen LogP contribution in [-0.4, -0.2) is 12.7 Å². The van der Waals surface area contributed by atoms with E-state index in [-0.39, 0.29) is 13.0 Å². The minimum absolute atomic E-state index is 0.00882. The van der Waals surface area contributed by atoms with E-state index in [1.54, 1.807) is 24.3 Å². The van der Waals surface area contributed by atoms with E-state index in [1.807, 2.05) is 6.07 Å². The molecule has 0 bridgehead atoms. The van der Waals surface area contributed by atoms with Crippen LogP contribution in [-0.2, 0) is 0 Å². The van der Waals surface area contributed by atoms with Crippen LogP contribution in [0.3, 0.4) is 0 Å². The summed E-state index contributed by atoms with van der Waals surface area (Å²) >= 11 is 0. The third-order valence-electron chi connectivity index (χ3n) is 1.95. The third-order valence-corrected chi connectivity index (χ3v) is 1.95. The molecular weight excluding hydrogens is 205 g/mol. The van der Waals surface area contributed by atoms with E-state index in [0.717, 1.165) is 5.69 Å². The summed E-state index contributed by atoms with van der Waals surface area (Å²) in [4.78, 5) is 0. The fourth-order valence-corrected chi connectivity index (χ4v) is 1.20. The van der Waals surface area contributed by atoms with Crippen LogP contribution in [0.5, 0.6) is 0 Å². The van der Waals surface area contributed by atoms with Gasteiger partial charge in [0.2, 0.25) is 0 Å². The van der Waals surface area contributed by atoms with Crippen molar-refractivity contribution in [1.29, 1.82) is 0 Å². The van der Waals surface area contributed by atoms with Gasteiger partial charge < -0.3 is 5.01 Å². The summed E-state index contributed by atoms with van der Waals surface area (Å²) in [5, 5.41) is 1.33. The number of hydrogen-bond donors (Lipinski definition) is 1. The molecule has 0 amide bonds. The molecule has 0 aromatic heterocycles. The Bertz CT molecular complexity index is 284. The first-order valence-corrected chi connectivity index (χ1v) is 4.63. The van der Waals surface area contributed by atoms with E-state index in [0.29, 0.717) is 0 Å². The Balaban J connectivity index is 2.34. The fourth-order valence-electron chi connectivity index (χ4n) is 1.20. The molecule has 0 atom stereocenters. The highest BCUT2D eigenvalue weighted by molar-refractivity contribution is 5.43. The molecule has 5 heteroatoms. The van der Waals surface area contributed by atoms with E-state index in [4.69, 9.17) is 5.84 Å². The maximum atomic E-state index is 11.8. The maximum absolute atomic E-state index is 11.8. The zero-order valence-corrected chi connectivity index (χ0v) is 8.17. The Hall–Kier alpha value is -1.23. The van der Waals surface area contributed by atoms with Crippen molar-refractivity contribution in [2.24, 2.45) is 5.84 Å². The monoisotopic (exact) mass is 218 g/mol. The van der Waals surface area contributed by atoms with Crippen LogP contribution in [0.1, 0.15) is 12.8 Å². The molecule has 0 aliphatic rings. The largest absolute Gasteiger partial charge is 0.389 e. The minimum Gasteiger partial charge on any atom is -0.311 e. The molecule has 0 saturated heterocycles. The van der Waals surface area contributed by atoms with Crippen molar-refractivity contribution in [1.82, 2.24) is 0 Å². The lowest BCUT2D eigenvalue weighted by atomic mass is 10.2. The first kappa shape index (κ1) is 11.8. The molecule has 2 nitrogen and oxygen atoms in total. The molecule has 1 aromatic carbocycles. The number of halogens is 3. The van der Waals surface area contributed by atoms with Gasteiger partial charge in [0.25, 0.3) is 0 Å². The Kier molecular flexibility index (Phi) is 3.96. The lowest BCUT2D eigenvalue weighted by Gasteiger charge is -2.18. The summed E-state index contributed by atoms with van der Waals surface area (Å²) in [7, 11) is 0. The normalized spacial score (nSPS) is 11.5. The maximum Gasteiger partial charge on any atom is 0.389 e. The fraction of sp³-hybridized carbons (Fsp3) is 0.400. The SMILES string of the molecule is NN(CCCC(F)(F)F)c1ccccc1. The highest BCUT2D eigenvalue weighted by Crippen LogP contribution is 2.21. The topological polar surface area (TPSA) is 29.3 Å². The van der Waals surface area contributed by atoms with Crippen LogP contribution >= 0.6 is 0 Å². The Labute approximate surface area is 86.5 Å². The van der Waals surface area contributed by atoms with Gasteiger partial charge in [-0.25, -0.2) is 5.84 Å². The predicted octanol–water partition coefficient (Wildman–Crippen LogP) is 2.71. The summed E-state index contributed by atoms with van der Waals surface area (Å²) in [6.45, 7) is 0.198. The van der Waals surface area contributed by atoms with E-state index in [9.17, 15) is 13.2 Å². The van der Waals surface area contributed by atoms with Crippen molar-refractivity contribution >= 4 is 5.69 Å². The van der Waals surface area contributed by atoms with E-state index in [1.165, 1.54) is 5.01 Å². The molecule has 0 radical (unpaired) electrons. The van der Waals surface area contributed by atoms with Crippen LogP contribution in [0, 0.1) is 0 Å². The number of anilines is 1. The first-order valence-electron chi connectivity index (χ1n) is 4.63. The van der Waals surface area contributed by atoms with Crippen LogP contribution < -0.4 is 10.9 Å². The molecule has 1 rings (SSSR count). The molecule has 0 saturated carbocycles. The molecule has 2 N–H and O–H groups in total. The third kappa shape index (κ3) is 4.69. The average molecular weight is 218 g/mol. The van der Waals surface area contributed by atoms with Gasteiger partial charge in [-0.3, -0.25) is 0 Å². The second-order valence-corrected chi connectivity index (χ2v) is 3.25. The summed E-state index contributed by atoms with van der Waals surface area (Å²) in [5.74, 6) is 5.59. The summed E-state index contributed by atoms with van der Waals surface area (Å²) < 4.78 is 35.5. The highest BCUT2D eigenvalue weighted by atomic mass is 19.4. The van der Waals surface area contributed by atoms with Crippen molar-refractivity contribution in [3.63, 3.8) is 0 Å². The van der Waals surface area contributed by atoms with Crippen LogP contribution in [0.4, 0.5) is 18.9 Å². The summed E-state index contributed by atoms with van der Waals surface area (Å²) in [6, 6.07) is 8.92. The number of nitrogens with zero attached hydrogens (tertiary/aromatic N) is 1. The van der Waals surface area contributed by atoms with E-state index < -0.39 is 12.6 Å². The molecule has 15 heavy (non-hydrogen) atoms. The van der Waals surface area contributed by atoms with Crippen molar-refractivity contribution in [2.75, 3.05) is 11.6 Å². The number of para-hydroxylation sites is 1. The predicted molar refractivity (Wildman–Crippen MR) is 53.3 cm³/mol. The first-order chi connectivity index (χ1) is 6.99. The number of hydrogen-bond acceptors (Lipinski definition) is 2. The van der Waals surface area contributed by atoms with Gasteiger partial charge in [0.15, 0.2) is 0 Å². The number of nitrogens with two attached hydrogens (primary N) is 1. The second-order valence-electron chi connectivity index (χ2n) is 3.25. The molecule has 1 aromatic rings. The smallest absolute Gasteiger partial charge is 0.311 e. The van der Waals surface area contributed by atoms with Gasteiger partial charge >= 0.3 is 6.18 Å². The number of hydrazine groups is 1. The van der Waals surface area contributed by atoms with Gasteiger partial charge in [-0.1, -0.05) is 18.2 Å². The molecule has 0 aliphatic carbocycles. The van der Waals surface area contributed by atoms with Gasteiger partial charge in [0, 0.05) is 13.0 Å². The molecule has 0 spiro atoms. The van der Waals surface area contributed by atoms with Crippen LogP contribution in [0.15, 0.2) is 30.3 Å². The lowest BCUT2D eigenvalue weighted by molar-refractivity contribution is -0.135. The molecule has 84 valence electrons. The number of alkyl halides is 3. The molecule has 0 unspecified atom stereocenters. The van der Waals surface area contributed by atoms with Gasteiger partial charge in [-0.2, -0.15) is 13.2 Å². The Morgan fingerprint density at radius 2 is 1.73 bits per heavy atom. The zero-order chi connectivity index (χ0) is 11.3. The van der Waals surface area contributed by atoms with Crippen molar-refractivity contribution in [3.8, 4) is 0 Å². The molecule has 0 heterocycles.